The van der Waals surface area contributed by atoms with Gasteiger partial charge in [-0.15, -0.1) is 0 Å². The minimum absolute atomic E-state index is 0.00321. The van der Waals surface area contributed by atoms with Crippen LogP contribution in [0.25, 0.3) is 5.76 Å². The number of methoxy groups -OCH3 is 2. The summed E-state index contributed by atoms with van der Waals surface area (Å²) in [5, 5.41) is 11.4. The first-order valence-corrected chi connectivity index (χ1v) is 11.9. The minimum atomic E-state index is -0.823. The number of aliphatic hydroxyl groups is 1. The van der Waals surface area contributed by atoms with Crippen molar-refractivity contribution in [2.75, 3.05) is 34.0 Å². The van der Waals surface area contributed by atoms with Crippen LogP contribution in [0, 0.1) is 0 Å². The van der Waals surface area contributed by atoms with E-state index < -0.39 is 17.7 Å². The molecule has 0 saturated carbocycles. The second-order valence-corrected chi connectivity index (χ2v) is 8.62. The van der Waals surface area contributed by atoms with Gasteiger partial charge in [0.25, 0.3) is 11.7 Å². The second kappa shape index (κ2) is 10.3. The Hall–Kier alpha value is -4.47. The number of rotatable bonds is 8. The zero-order valence-electron chi connectivity index (χ0n) is 20.5. The normalized spacial score (nSPS) is 18.2. The van der Waals surface area contributed by atoms with Gasteiger partial charge in [0, 0.05) is 31.0 Å². The first kappa shape index (κ1) is 24.2. The number of hydrogen-bond acceptors (Lipinski definition) is 8. The van der Waals surface area contributed by atoms with Crippen LogP contribution in [0.5, 0.6) is 23.0 Å². The maximum Gasteiger partial charge on any atom is 0.295 e. The average molecular weight is 506 g/mol. The molecule has 1 saturated heterocycles. The summed E-state index contributed by atoms with van der Waals surface area (Å²) in [5.74, 6) is 0.261. The summed E-state index contributed by atoms with van der Waals surface area (Å²) in [6, 6.07) is 9.30. The summed E-state index contributed by atoms with van der Waals surface area (Å²) < 4.78 is 23.9. The number of hydrogen-bond donors (Lipinski definition) is 1. The van der Waals surface area contributed by atoms with E-state index in [1.54, 1.807) is 48.9 Å². The molecule has 1 atom stereocenters. The van der Waals surface area contributed by atoms with Gasteiger partial charge < -0.3 is 33.5 Å². The number of carbonyl (C=O) groups is 2. The summed E-state index contributed by atoms with van der Waals surface area (Å²) >= 11 is 0. The Kier molecular flexibility index (Phi) is 6.72. The highest BCUT2D eigenvalue weighted by molar-refractivity contribution is 6.46. The molecule has 5 rings (SSSR count). The Bertz CT molecular complexity index is 1350. The fourth-order valence-corrected chi connectivity index (χ4v) is 4.67. The topological polar surface area (TPSA) is 112 Å². The van der Waals surface area contributed by atoms with Crippen LogP contribution in [0.3, 0.4) is 0 Å². The quantitative estimate of drug-likeness (QED) is 0.282. The molecule has 10 heteroatoms. The summed E-state index contributed by atoms with van der Waals surface area (Å²) in [7, 11) is 3.04. The fourth-order valence-electron chi connectivity index (χ4n) is 4.67. The molecule has 10 nitrogen and oxygen atoms in total. The molecule has 0 radical (unpaired) electrons. The Morgan fingerprint density at radius 2 is 1.81 bits per heavy atom. The number of Topliss-reactive ketones (excluding diaryl/α,β-unsaturated/α-hetero) is 1. The SMILES string of the molecule is COc1ccc(C2/C(=C(/O)c3ccc4c(c3)OCCO4)C(=O)C(=O)N2CCCn2ccnc2)cc1OC. The van der Waals surface area contributed by atoms with Crippen LogP contribution in [0.1, 0.15) is 23.6 Å². The van der Waals surface area contributed by atoms with E-state index in [9.17, 15) is 14.7 Å². The van der Waals surface area contributed by atoms with Gasteiger partial charge in [-0.1, -0.05) is 6.07 Å². The van der Waals surface area contributed by atoms with Crippen molar-refractivity contribution in [3.8, 4) is 23.0 Å². The summed E-state index contributed by atoms with van der Waals surface area (Å²) in [6.45, 7) is 1.72. The fraction of sp³-hybridized carbons (Fsp3) is 0.296. The minimum Gasteiger partial charge on any atom is -0.507 e. The van der Waals surface area contributed by atoms with Crippen molar-refractivity contribution in [3.63, 3.8) is 0 Å². The largest absolute Gasteiger partial charge is 0.507 e. The highest BCUT2D eigenvalue weighted by atomic mass is 16.6. The van der Waals surface area contributed by atoms with E-state index in [4.69, 9.17) is 18.9 Å². The van der Waals surface area contributed by atoms with Crippen molar-refractivity contribution < 1.29 is 33.6 Å². The molecule has 0 bridgehead atoms. The van der Waals surface area contributed by atoms with Gasteiger partial charge in [0.1, 0.15) is 19.0 Å². The average Bonchev–Trinajstić information content (AvgIpc) is 3.54. The third-order valence-electron chi connectivity index (χ3n) is 6.45. The molecule has 0 spiro atoms. The lowest BCUT2D eigenvalue weighted by atomic mass is 9.94. The highest BCUT2D eigenvalue weighted by Gasteiger charge is 2.46. The van der Waals surface area contributed by atoms with E-state index in [1.165, 1.54) is 19.1 Å². The zero-order valence-corrected chi connectivity index (χ0v) is 20.5. The predicted octanol–water partition coefficient (Wildman–Crippen LogP) is 3.18. The molecule has 1 aromatic heterocycles. The number of likely N-dealkylation sites (tertiary alicyclic amines) is 1. The van der Waals surface area contributed by atoms with E-state index >= 15 is 0 Å². The van der Waals surface area contributed by atoms with E-state index in [1.807, 2.05) is 10.8 Å². The molecule has 1 unspecified atom stereocenters. The number of ketones is 1. The van der Waals surface area contributed by atoms with E-state index in [-0.39, 0.29) is 11.3 Å². The zero-order chi connectivity index (χ0) is 25.9. The maximum atomic E-state index is 13.3. The molecule has 192 valence electrons. The van der Waals surface area contributed by atoms with Gasteiger partial charge in [0.15, 0.2) is 23.0 Å². The van der Waals surface area contributed by atoms with E-state index in [2.05, 4.69) is 4.98 Å². The predicted molar refractivity (Wildman–Crippen MR) is 133 cm³/mol. The Morgan fingerprint density at radius 3 is 2.54 bits per heavy atom. The smallest absolute Gasteiger partial charge is 0.295 e. The number of imidazole rings is 1. The number of nitrogens with zero attached hydrogens (tertiary/aromatic N) is 3. The number of fused-ring (bicyclic) bond motifs is 1. The summed E-state index contributed by atoms with van der Waals surface area (Å²) in [5.41, 5.74) is 0.959. The Balaban J connectivity index is 1.57. The van der Waals surface area contributed by atoms with Gasteiger partial charge in [-0.2, -0.15) is 0 Å². The van der Waals surface area contributed by atoms with Crippen LogP contribution in [-0.2, 0) is 16.1 Å². The highest BCUT2D eigenvalue weighted by Crippen LogP contribution is 2.43. The molecule has 3 aromatic rings. The monoisotopic (exact) mass is 505 g/mol. The summed E-state index contributed by atoms with van der Waals surface area (Å²) in [6.07, 6.45) is 5.80. The van der Waals surface area contributed by atoms with E-state index in [0.717, 1.165) is 0 Å². The number of ether oxygens (including phenoxy) is 4. The lowest BCUT2D eigenvalue weighted by Gasteiger charge is -2.26. The van der Waals surface area contributed by atoms with Gasteiger partial charge >= 0.3 is 0 Å². The second-order valence-electron chi connectivity index (χ2n) is 8.62. The van der Waals surface area contributed by atoms with Crippen LogP contribution in [-0.4, -0.2) is 65.2 Å². The van der Waals surface area contributed by atoms with Crippen molar-refractivity contribution in [2.24, 2.45) is 0 Å². The maximum absolute atomic E-state index is 13.3. The summed E-state index contributed by atoms with van der Waals surface area (Å²) in [4.78, 5) is 32.1. The van der Waals surface area contributed by atoms with Crippen molar-refractivity contribution in [3.05, 3.63) is 71.8 Å². The molecular weight excluding hydrogens is 478 g/mol. The third kappa shape index (κ3) is 4.57. The molecule has 2 aromatic carbocycles. The Labute approximate surface area is 213 Å². The van der Waals surface area contributed by atoms with Crippen LogP contribution in [0.15, 0.2) is 60.7 Å². The van der Waals surface area contributed by atoms with E-state index in [0.29, 0.717) is 66.8 Å². The molecule has 2 aliphatic heterocycles. The van der Waals surface area contributed by atoms with Gasteiger partial charge in [0.05, 0.1) is 32.2 Å². The lowest BCUT2D eigenvalue weighted by molar-refractivity contribution is -0.139. The standard InChI is InChI=1S/C27H27N3O7/c1-34-19-6-4-17(14-21(19)35-2)24-23(25(31)18-5-7-20-22(15-18)37-13-12-36-20)26(32)27(33)30(24)10-3-9-29-11-8-28-16-29/h4-8,11,14-16,24,31H,3,9-10,12-13H2,1-2H3/b25-23-. The molecule has 3 heterocycles. The van der Waals surface area contributed by atoms with Gasteiger partial charge in [-0.05, 0) is 42.3 Å². The number of carbonyl (C=O) groups excluding carboxylic acids is 2. The molecule has 1 amide bonds. The van der Waals surface area contributed by atoms with Gasteiger partial charge in [0.2, 0.25) is 0 Å². The van der Waals surface area contributed by atoms with Crippen LogP contribution < -0.4 is 18.9 Å². The first-order chi connectivity index (χ1) is 18.0. The molecule has 2 aliphatic rings. The van der Waals surface area contributed by atoms with Crippen LogP contribution in [0.4, 0.5) is 0 Å². The number of aliphatic hydroxyl groups excluding tert-OH is 1. The first-order valence-electron chi connectivity index (χ1n) is 11.9. The number of benzene rings is 2. The van der Waals surface area contributed by atoms with Crippen molar-refractivity contribution in [1.29, 1.82) is 0 Å². The molecule has 0 aliphatic carbocycles. The van der Waals surface area contributed by atoms with Gasteiger partial charge in [-0.3, -0.25) is 9.59 Å². The van der Waals surface area contributed by atoms with Crippen molar-refractivity contribution >= 4 is 17.4 Å². The van der Waals surface area contributed by atoms with Crippen LogP contribution >= 0.6 is 0 Å². The number of aryl methyl sites for hydroxylation is 1. The van der Waals surface area contributed by atoms with Crippen molar-refractivity contribution in [1.82, 2.24) is 14.5 Å². The Morgan fingerprint density at radius 1 is 1.03 bits per heavy atom. The van der Waals surface area contributed by atoms with Crippen molar-refractivity contribution in [2.45, 2.75) is 19.0 Å². The number of aromatic nitrogens is 2. The molecule has 1 fully saturated rings. The molecule has 37 heavy (non-hydrogen) atoms. The molecule has 1 N–H and O–H groups in total. The lowest BCUT2D eigenvalue weighted by Crippen LogP contribution is -2.31. The van der Waals surface area contributed by atoms with Gasteiger partial charge in [-0.25, -0.2) is 4.98 Å². The third-order valence-corrected chi connectivity index (χ3v) is 6.45. The molecular formula is C27H27N3O7. The van der Waals surface area contributed by atoms with Crippen LogP contribution in [0.2, 0.25) is 0 Å². The number of amides is 1.